The van der Waals surface area contributed by atoms with E-state index in [9.17, 15) is 9.59 Å². The number of nitrogens with zero attached hydrogens (tertiary/aromatic N) is 1. The van der Waals surface area contributed by atoms with Crippen LogP contribution in [0.4, 0.5) is 0 Å². The molecule has 1 atom stereocenters. The van der Waals surface area contributed by atoms with E-state index < -0.39 is 6.04 Å². The third-order valence-corrected chi connectivity index (χ3v) is 5.53. The highest BCUT2D eigenvalue weighted by atomic mass is 35.5. The number of hydrogen-bond donors (Lipinski definition) is 1. The van der Waals surface area contributed by atoms with Crippen LogP contribution in [0, 0.1) is 0 Å². The van der Waals surface area contributed by atoms with E-state index in [0.717, 1.165) is 17.7 Å². The largest absolute Gasteiger partial charge is 0.340 e. The Balaban J connectivity index is 2.08. The van der Waals surface area contributed by atoms with Gasteiger partial charge in [0.25, 0.3) is 5.91 Å². The van der Waals surface area contributed by atoms with Gasteiger partial charge in [0.2, 0.25) is 5.91 Å². The molecule has 0 spiro atoms. The predicted octanol–water partition coefficient (Wildman–Crippen LogP) is 4.41. The zero-order valence-corrected chi connectivity index (χ0v) is 18.1. The molecule has 0 fully saturated rings. The smallest absolute Gasteiger partial charge is 0.253 e. The molecule has 0 saturated carbocycles. The van der Waals surface area contributed by atoms with Crippen molar-refractivity contribution in [2.24, 2.45) is 0 Å². The molecule has 2 rings (SSSR count). The van der Waals surface area contributed by atoms with Crippen molar-refractivity contribution >= 4 is 35.2 Å². The van der Waals surface area contributed by atoms with Gasteiger partial charge in [0, 0.05) is 13.6 Å². The van der Waals surface area contributed by atoms with Crippen LogP contribution in [-0.2, 0) is 17.8 Å². The summed E-state index contributed by atoms with van der Waals surface area (Å²) < 4.78 is 0. The Hall–Kier alpha value is -1.98. The minimum atomic E-state index is -0.587. The van der Waals surface area contributed by atoms with Gasteiger partial charge in [0.1, 0.15) is 6.04 Å². The Labute approximate surface area is 176 Å². The third-order valence-electron chi connectivity index (χ3n) is 4.56. The monoisotopic (exact) mass is 418 g/mol. The van der Waals surface area contributed by atoms with Gasteiger partial charge in [0.05, 0.1) is 10.6 Å². The van der Waals surface area contributed by atoms with E-state index in [0.29, 0.717) is 23.6 Å². The number of halogens is 1. The molecule has 1 N–H and O–H groups in total. The SMILES string of the molecule is CCc1ccc(CN(C)C(=O)C(CCSC)NC(=O)c2ccccc2Cl)cc1. The molecule has 0 aliphatic heterocycles. The summed E-state index contributed by atoms with van der Waals surface area (Å²) in [6.07, 6.45) is 3.53. The molecule has 2 amide bonds. The number of rotatable bonds is 9. The van der Waals surface area contributed by atoms with Gasteiger partial charge in [-0.05, 0) is 48.1 Å². The number of hydrogen-bond acceptors (Lipinski definition) is 3. The maximum absolute atomic E-state index is 13.0. The molecule has 0 saturated heterocycles. The van der Waals surface area contributed by atoms with E-state index in [1.54, 1.807) is 48.0 Å². The molecule has 0 radical (unpaired) electrons. The van der Waals surface area contributed by atoms with Crippen LogP contribution in [0.2, 0.25) is 5.02 Å². The lowest BCUT2D eigenvalue weighted by Crippen LogP contribution is -2.47. The molecule has 4 nitrogen and oxygen atoms in total. The molecular weight excluding hydrogens is 392 g/mol. The van der Waals surface area contributed by atoms with Crippen LogP contribution in [-0.4, -0.2) is 41.8 Å². The standard InChI is InChI=1S/C22H27ClN2O2S/c1-4-16-9-11-17(12-10-16)15-25(2)22(27)20(13-14-28-3)24-21(26)18-7-5-6-8-19(18)23/h5-12,20H,4,13-15H2,1-3H3,(H,24,26). The van der Waals surface area contributed by atoms with E-state index >= 15 is 0 Å². The number of nitrogens with one attached hydrogen (secondary N) is 1. The minimum absolute atomic E-state index is 0.103. The summed E-state index contributed by atoms with van der Waals surface area (Å²) in [5.41, 5.74) is 2.71. The van der Waals surface area contributed by atoms with Crippen LogP contribution in [0.3, 0.4) is 0 Å². The minimum Gasteiger partial charge on any atom is -0.340 e. The molecule has 0 aliphatic carbocycles. The van der Waals surface area contributed by atoms with Gasteiger partial charge in [-0.1, -0.05) is 54.9 Å². The second-order valence-corrected chi connectivity index (χ2v) is 8.04. The maximum atomic E-state index is 13.0. The summed E-state index contributed by atoms with van der Waals surface area (Å²) in [5, 5.41) is 3.24. The van der Waals surface area contributed by atoms with Crippen LogP contribution in [0.5, 0.6) is 0 Å². The fraction of sp³-hybridized carbons (Fsp3) is 0.364. The summed E-state index contributed by atoms with van der Waals surface area (Å²) in [7, 11) is 1.77. The highest BCUT2D eigenvalue weighted by molar-refractivity contribution is 7.98. The molecule has 0 heterocycles. The number of amides is 2. The van der Waals surface area contributed by atoms with Gasteiger partial charge in [-0.25, -0.2) is 0 Å². The van der Waals surface area contributed by atoms with Crippen molar-refractivity contribution in [2.75, 3.05) is 19.1 Å². The molecule has 150 valence electrons. The van der Waals surface area contributed by atoms with Crippen LogP contribution < -0.4 is 5.32 Å². The van der Waals surface area contributed by atoms with Crippen molar-refractivity contribution < 1.29 is 9.59 Å². The summed E-state index contributed by atoms with van der Waals surface area (Å²) in [6, 6.07) is 14.5. The molecule has 1 unspecified atom stereocenters. The average molecular weight is 419 g/mol. The molecule has 0 aliphatic rings. The van der Waals surface area contributed by atoms with Crippen molar-refractivity contribution in [2.45, 2.75) is 32.4 Å². The topological polar surface area (TPSA) is 49.4 Å². The van der Waals surface area contributed by atoms with Crippen LogP contribution in [0.1, 0.15) is 34.8 Å². The number of carbonyl (C=O) groups is 2. The molecule has 0 bridgehead atoms. The van der Waals surface area contributed by atoms with E-state index in [2.05, 4.69) is 24.4 Å². The van der Waals surface area contributed by atoms with Gasteiger partial charge < -0.3 is 10.2 Å². The number of carbonyl (C=O) groups excluding carboxylic acids is 2. The molecule has 2 aromatic rings. The van der Waals surface area contributed by atoms with Gasteiger partial charge in [-0.2, -0.15) is 11.8 Å². The molecular formula is C22H27ClN2O2S. The average Bonchev–Trinajstić information content (AvgIpc) is 2.71. The Morgan fingerprint density at radius 2 is 1.75 bits per heavy atom. The number of likely N-dealkylation sites (N-methyl/N-ethyl adjacent to an activating group) is 1. The first-order chi connectivity index (χ1) is 13.5. The normalized spacial score (nSPS) is 11.7. The first-order valence-electron chi connectivity index (χ1n) is 9.33. The summed E-state index contributed by atoms with van der Waals surface area (Å²) in [6.45, 7) is 2.61. The van der Waals surface area contributed by atoms with Crippen molar-refractivity contribution in [3.8, 4) is 0 Å². The second-order valence-electron chi connectivity index (χ2n) is 6.65. The Kier molecular flexibility index (Phi) is 8.87. The Morgan fingerprint density at radius 1 is 1.11 bits per heavy atom. The fourth-order valence-electron chi connectivity index (χ4n) is 2.87. The van der Waals surface area contributed by atoms with Crippen molar-refractivity contribution in [3.05, 3.63) is 70.2 Å². The van der Waals surface area contributed by atoms with Crippen LogP contribution in [0.15, 0.2) is 48.5 Å². The molecule has 0 aromatic heterocycles. The van der Waals surface area contributed by atoms with Crippen molar-refractivity contribution in [1.82, 2.24) is 10.2 Å². The predicted molar refractivity (Wildman–Crippen MR) is 118 cm³/mol. The Morgan fingerprint density at radius 3 is 2.36 bits per heavy atom. The van der Waals surface area contributed by atoms with E-state index in [1.807, 2.05) is 18.4 Å². The third kappa shape index (κ3) is 6.28. The number of benzene rings is 2. The highest BCUT2D eigenvalue weighted by Gasteiger charge is 2.25. The molecule has 2 aromatic carbocycles. The maximum Gasteiger partial charge on any atom is 0.253 e. The van der Waals surface area contributed by atoms with Crippen LogP contribution in [0.25, 0.3) is 0 Å². The van der Waals surface area contributed by atoms with Gasteiger partial charge in [0.15, 0.2) is 0 Å². The summed E-state index contributed by atoms with van der Waals surface area (Å²) in [5.74, 6) is 0.345. The lowest BCUT2D eigenvalue weighted by atomic mass is 10.1. The zero-order valence-electron chi connectivity index (χ0n) is 16.6. The van der Waals surface area contributed by atoms with E-state index in [1.165, 1.54) is 5.56 Å². The summed E-state index contributed by atoms with van der Waals surface area (Å²) >= 11 is 7.77. The van der Waals surface area contributed by atoms with E-state index in [-0.39, 0.29) is 11.8 Å². The fourth-order valence-corrected chi connectivity index (χ4v) is 3.57. The molecule has 6 heteroatoms. The zero-order chi connectivity index (χ0) is 20.5. The van der Waals surface area contributed by atoms with Crippen molar-refractivity contribution in [1.29, 1.82) is 0 Å². The number of thioether (sulfide) groups is 1. The quantitative estimate of drug-likeness (QED) is 0.656. The van der Waals surface area contributed by atoms with Gasteiger partial charge in [-0.3, -0.25) is 9.59 Å². The van der Waals surface area contributed by atoms with Gasteiger partial charge in [-0.15, -0.1) is 0 Å². The summed E-state index contributed by atoms with van der Waals surface area (Å²) in [4.78, 5) is 27.3. The Bertz CT molecular complexity index is 795. The highest BCUT2D eigenvalue weighted by Crippen LogP contribution is 2.16. The lowest BCUT2D eigenvalue weighted by molar-refractivity contribution is -0.132. The second kappa shape index (κ2) is 11.1. The van der Waals surface area contributed by atoms with Crippen molar-refractivity contribution in [3.63, 3.8) is 0 Å². The van der Waals surface area contributed by atoms with E-state index in [4.69, 9.17) is 11.6 Å². The first-order valence-corrected chi connectivity index (χ1v) is 11.1. The molecule has 28 heavy (non-hydrogen) atoms. The van der Waals surface area contributed by atoms with Crippen LogP contribution >= 0.6 is 23.4 Å². The lowest BCUT2D eigenvalue weighted by Gasteiger charge is -2.25. The number of aryl methyl sites for hydroxylation is 1. The first kappa shape index (κ1) is 22.3. The van der Waals surface area contributed by atoms with Gasteiger partial charge >= 0.3 is 0 Å².